The molecule has 2 aromatic carbocycles. The van der Waals surface area contributed by atoms with Gasteiger partial charge in [0.05, 0.1) is 19.3 Å². The van der Waals surface area contributed by atoms with E-state index in [1.807, 2.05) is 24.3 Å². The number of para-hydroxylation sites is 2. The highest BCUT2D eigenvalue weighted by Crippen LogP contribution is 2.28. The van der Waals surface area contributed by atoms with Crippen molar-refractivity contribution in [3.8, 4) is 5.75 Å². The van der Waals surface area contributed by atoms with Crippen LogP contribution in [0.3, 0.4) is 0 Å². The monoisotopic (exact) mass is 419 g/mol. The van der Waals surface area contributed by atoms with Crippen molar-refractivity contribution in [2.24, 2.45) is 0 Å². The highest BCUT2D eigenvalue weighted by molar-refractivity contribution is 5.60. The third kappa shape index (κ3) is 5.03. The summed E-state index contributed by atoms with van der Waals surface area (Å²) in [5.41, 5.74) is 10.4. The lowest BCUT2D eigenvalue weighted by Gasteiger charge is -2.36. The molecule has 4 rings (SSSR count). The Morgan fingerprint density at radius 3 is 2.52 bits per heavy atom. The summed E-state index contributed by atoms with van der Waals surface area (Å²) in [5, 5.41) is 3.28. The molecule has 3 N–H and O–H groups in total. The van der Waals surface area contributed by atoms with Gasteiger partial charge in [-0.05, 0) is 37.6 Å². The minimum absolute atomic E-state index is 0.227. The molecule has 8 nitrogen and oxygen atoms in total. The molecule has 0 amide bonds. The van der Waals surface area contributed by atoms with Crippen LogP contribution in [0.4, 0.5) is 23.3 Å². The largest absolute Gasteiger partial charge is 0.495 e. The molecule has 1 aliphatic heterocycles. The second kappa shape index (κ2) is 9.18. The van der Waals surface area contributed by atoms with Crippen molar-refractivity contribution >= 4 is 23.3 Å². The molecule has 0 saturated carbocycles. The molecule has 1 saturated heterocycles. The number of methoxy groups -OCH3 is 1. The number of piperazine rings is 1. The molecule has 0 aliphatic carbocycles. The lowest BCUT2D eigenvalue weighted by atomic mass is 10.1. The van der Waals surface area contributed by atoms with Crippen molar-refractivity contribution in [1.29, 1.82) is 0 Å². The second-order valence-corrected chi connectivity index (χ2v) is 7.81. The Kier molecular flexibility index (Phi) is 6.18. The van der Waals surface area contributed by atoms with Crippen molar-refractivity contribution in [1.82, 2.24) is 19.9 Å². The smallest absolute Gasteiger partial charge is 0.232 e. The predicted octanol–water partition coefficient (Wildman–Crippen LogP) is 3.15. The van der Waals surface area contributed by atoms with E-state index in [1.54, 1.807) is 7.11 Å². The average molecular weight is 420 g/mol. The summed E-state index contributed by atoms with van der Waals surface area (Å²) in [7, 11) is 1.71. The van der Waals surface area contributed by atoms with Crippen molar-refractivity contribution < 1.29 is 4.74 Å². The first kappa shape index (κ1) is 20.9. The van der Waals surface area contributed by atoms with Gasteiger partial charge < -0.3 is 20.7 Å². The number of rotatable bonds is 6. The Balaban J connectivity index is 1.41. The normalized spacial score (nSPS) is 14.5. The number of nitrogens with two attached hydrogens (primary N) is 1. The molecule has 162 valence electrons. The van der Waals surface area contributed by atoms with Crippen LogP contribution in [-0.4, -0.2) is 53.1 Å². The first-order chi connectivity index (χ1) is 15.0. The van der Waals surface area contributed by atoms with Gasteiger partial charge in [-0.2, -0.15) is 15.0 Å². The van der Waals surface area contributed by atoms with Gasteiger partial charge >= 0.3 is 0 Å². The lowest BCUT2D eigenvalue weighted by molar-refractivity contribution is 0.243. The van der Waals surface area contributed by atoms with Crippen molar-refractivity contribution in [3.05, 3.63) is 59.4 Å². The fraction of sp³-hybridized carbons (Fsp3) is 0.348. The fourth-order valence-corrected chi connectivity index (χ4v) is 3.88. The van der Waals surface area contributed by atoms with Crippen LogP contribution in [0.15, 0.2) is 42.5 Å². The zero-order chi connectivity index (χ0) is 21.8. The number of aromatic nitrogens is 3. The van der Waals surface area contributed by atoms with Crippen LogP contribution in [0, 0.1) is 13.8 Å². The summed E-state index contributed by atoms with van der Waals surface area (Å²) < 4.78 is 5.51. The van der Waals surface area contributed by atoms with Crippen LogP contribution >= 0.6 is 0 Å². The first-order valence-corrected chi connectivity index (χ1v) is 10.5. The second-order valence-electron chi connectivity index (χ2n) is 7.81. The van der Waals surface area contributed by atoms with Gasteiger partial charge in [0.25, 0.3) is 0 Å². The van der Waals surface area contributed by atoms with Crippen molar-refractivity contribution in [3.63, 3.8) is 0 Å². The number of nitrogens with zero attached hydrogens (tertiary/aromatic N) is 5. The number of hydrogen-bond acceptors (Lipinski definition) is 8. The zero-order valence-corrected chi connectivity index (χ0v) is 18.3. The molecule has 0 unspecified atom stereocenters. The molecule has 0 atom stereocenters. The molecule has 1 aromatic heterocycles. The van der Waals surface area contributed by atoms with E-state index in [4.69, 9.17) is 10.5 Å². The molecule has 2 heterocycles. The Labute approximate surface area is 183 Å². The summed E-state index contributed by atoms with van der Waals surface area (Å²) in [5.74, 6) is 2.28. The Bertz CT molecular complexity index is 1050. The summed E-state index contributed by atoms with van der Waals surface area (Å²) in [6.07, 6.45) is 0. The van der Waals surface area contributed by atoms with E-state index < -0.39 is 0 Å². The Hall–Kier alpha value is -3.39. The minimum Gasteiger partial charge on any atom is -0.495 e. The molecule has 31 heavy (non-hydrogen) atoms. The summed E-state index contributed by atoms with van der Waals surface area (Å²) in [6.45, 7) is 8.40. The summed E-state index contributed by atoms with van der Waals surface area (Å²) in [6, 6.07) is 14.3. The van der Waals surface area contributed by atoms with E-state index >= 15 is 0 Å². The van der Waals surface area contributed by atoms with E-state index in [-0.39, 0.29) is 5.95 Å². The van der Waals surface area contributed by atoms with Crippen LogP contribution in [0.25, 0.3) is 0 Å². The van der Waals surface area contributed by atoms with Gasteiger partial charge in [0.1, 0.15) is 11.6 Å². The van der Waals surface area contributed by atoms with E-state index in [9.17, 15) is 0 Å². The van der Waals surface area contributed by atoms with Crippen LogP contribution in [-0.2, 0) is 6.54 Å². The fourth-order valence-electron chi connectivity index (χ4n) is 3.88. The van der Waals surface area contributed by atoms with E-state index in [2.05, 4.69) is 62.1 Å². The number of benzene rings is 2. The Morgan fingerprint density at radius 2 is 1.77 bits per heavy atom. The molecule has 0 spiro atoms. The van der Waals surface area contributed by atoms with Crippen molar-refractivity contribution in [2.45, 2.75) is 20.4 Å². The zero-order valence-electron chi connectivity index (χ0n) is 18.3. The van der Waals surface area contributed by atoms with Gasteiger partial charge in [0.2, 0.25) is 11.9 Å². The Morgan fingerprint density at radius 1 is 1.00 bits per heavy atom. The maximum Gasteiger partial charge on any atom is 0.232 e. The van der Waals surface area contributed by atoms with Crippen LogP contribution in [0.2, 0.25) is 0 Å². The average Bonchev–Trinajstić information content (AvgIpc) is 2.76. The third-order valence-electron chi connectivity index (χ3n) is 5.49. The van der Waals surface area contributed by atoms with Crippen LogP contribution in [0.1, 0.15) is 17.0 Å². The predicted molar refractivity (Wildman–Crippen MR) is 124 cm³/mol. The topological polar surface area (TPSA) is 92.4 Å². The van der Waals surface area contributed by atoms with Crippen molar-refractivity contribution in [2.75, 3.05) is 49.2 Å². The third-order valence-corrected chi connectivity index (χ3v) is 5.49. The number of aryl methyl sites for hydroxylation is 2. The molecular weight excluding hydrogens is 390 g/mol. The van der Waals surface area contributed by atoms with Gasteiger partial charge in [-0.15, -0.1) is 0 Å². The van der Waals surface area contributed by atoms with Crippen LogP contribution < -0.4 is 20.7 Å². The van der Waals surface area contributed by atoms with E-state index in [0.29, 0.717) is 18.3 Å². The summed E-state index contributed by atoms with van der Waals surface area (Å²) in [4.78, 5) is 17.9. The number of hydrogen-bond donors (Lipinski definition) is 2. The molecule has 0 bridgehead atoms. The molecule has 1 fully saturated rings. The first-order valence-electron chi connectivity index (χ1n) is 10.5. The molecule has 8 heteroatoms. The van der Waals surface area contributed by atoms with Gasteiger partial charge in [-0.1, -0.05) is 29.8 Å². The SMILES string of the molecule is COc1ccccc1N1CCN(Cc2nc(N)nc(Nc3ccc(C)cc3C)n2)CC1. The van der Waals surface area contributed by atoms with Gasteiger partial charge in [-0.25, -0.2) is 0 Å². The number of nitrogen functional groups attached to an aromatic ring is 1. The minimum atomic E-state index is 0.227. The van der Waals surface area contributed by atoms with E-state index in [1.165, 1.54) is 5.56 Å². The number of anilines is 4. The standard InChI is InChI=1S/C23H29N7O/c1-16-8-9-18(17(2)14-16)25-23-27-21(26-22(24)28-23)15-29-10-12-30(13-11-29)19-6-4-5-7-20(19)31-3/h4-9,14H,10-13,15H2,1-3H3,(H3,24,25,26,27,28). The van der Waals surface area contributed by atoms with Crippen LogP contribution in [0.5, 0.6) is 5.75 Å². The lowest BCUT2D eigenvalue weighted by Crippen LogP contribution is -2.46. The maximum absolute atomic E-state index is 5.97. The molecule has 0 radical (unpaired) electrons. The molecule has 3 aromatic rings. The maximum atomic E-state index is 5.97. The van der Waals surface area contributed by atoms with Gasteiger partial charge in [-0.3, -0.25) is 4.90 Å². The van der Waals surface area contributed by atoms with Gasteiger partial charge in [0, 0.05) is 31.9 Å². The van der Waals surface area contributed by atoms with E-state index in [0.717, 1.165) is 48.9 Å². The number of nitrogens with one attached hydrogen (secondary N) is 1. The molecular formula is C23H29N7O. The number of ether oxygens (including phenoxy) is 1. The molecule has 1 aliphatic rings. The highest BCUT2D eigenvalue weighted by atomic mass is 16.5. The quantitative estimate of drug-likeness (QED) is 0.630. The summed E-state index contributed by atoms with van der Waals surface area (Å²) >= 11 is 0. The van der Waals surface area contributed by atoms with Gasteiger partial charge in [0.15, 0.2) is 0 Å². The highest BCUT2D eigenvalue weighted by Gasteiger charge is 2.20.